The van der Waals surface area contributed by atoms with Crippen molar-refractivity contribution in [1.82, 2.24) is 0 Å². The van der Waals surface area contributed by atoms with Gasteiger partial charge in [-0.25, -0.2) is 0 Å². The highest BCUT2D eigenvalue weighted by Crippen LogP contribution is 2.06. The van der Waals surface area contributed by atoms with Crippen LogP contribution in [0.5, 0.6) is 0 Å². The van der Waals surface area contributed by atoms with Gasteiger partial charge < -0.3 is 5.11 Å². The second kappa shape index (κ2) is 5.22. The zero-order valence-electron chi connectivity index (χ0n) is 8.18. The molecule has 0 fully saturated rings. The van der Waals surface area contributed by atoms with Crippen LogP contribution in [0.2, 0.25) is 0 Å². The van der Waals surface area contributed by atoms with Crippen LogP contribution < -0.4 is 0 Å². The molecule has 0 bridgehead atoms. The van der Waals surface area contributed by atoms with E-state index >= 15 is 0 Å². The number of carbonyl (C=O) groups is 1. The average molecular weight is 190 g/mol. The standard InChI is InChI=1S/C12H14O2/c1-10(12(13)14)6-5-9-11-7-3-2-4-8-11/h2-5,7-10H,6H2,1H3,(H,13,14)/b9-5+/t10-/m1/s1. The van der Waals surface area contributed by atoms with Crippen molar-refractivity contribution in [2.45, 2.75) is 13.3 Å². The van der Waals surface area contributed by atoms with E-state index in [1.807, 2.05) is 42.5 Å². The quantitative estimate of drug-likeness (QED) is 0.792. The molecule has 2 nitrogen and oxygen atoms in total. The van der Waals surface area contributed by atoms with Crippen molar-refractivity contribution in [3.8, 4) is 0 Å². The van der Waals surface area contributed by atoms with Gasteiger partial charge in [-0.2, -0.15) is 0 Å². The number of hydrogen-bond acceptors (Lipinski definition) is 1. The predicted octanol–water partition coefficient (Wildman–Crippen LogP) is 2.81. The number of rotatable bonds is 4. The van der Waals surface area contributed by atoms with Gasteiger partial charge in [-0.05, 0) is 12.0 Å². The van der Waals surface area contributed by atoms with E-state index in [1.165, 1.54) is 0 Å². The van der Waals surface area contributed by atoms with Gasteiger partial charge in [-0.1, -0.05) is 49.4 Å². The molecule has 0 aromatic heterocycles. The first-order valence-electron chi connectivity index (χ1n) is 4.64. The Kier molecular flexibility index (Phi) is 3.92. The molecule has 0 amide bonds. The van der Waals surface area contributed by atoms with Gasteiger partial charge in [0.05, 0.1) is 5.92 Å². The van der Waals surface area contributed by atoms with Crippen LogP contribution in [0.4, 0.5) is 0 Å². The summed E-state index contributed by atoms with van der Waals surface area (Å²) in [6, 6.07) is 9.85. The minimum atomic E-state index is -0.747. The third-order valence-electron chi connectivity index (χ3n) is 2.02. The summed E-state index contributed by atoms with van der Waals surface area (Å²) in [7, 11) is 0. The minimum absolute atomic E-state index is 0.310. The van der Waals surface area contributed by atoms with Crippen molar-refractivity contribution in [3.05, 3.63) is 42.0 Å². The van der Waals surface area contributed by atoms with Crippen LogP contribution in [-0.2, 0) is 4.79 Å². The molecular weight excluding hydrogens is 176 g/mol. The van der Waals surface area contributed by atoms with E-state index in [9.17, 15) is 4.79 Å². The van der Waals surface area contributed by atoms with Crippen LogP contribution in [0.15, 0.2) is 36.4 Å². The van der Waals surface area contributed by atoms with Crippen molar-refractivity contribution in [2.75, 3.05) is 0 Å². The van der Waals surface area contributed by atoms with Crippen LogP contribution >= 0.6 is 0 Å². The number of carboxylic acid groups (broad SMARTS) is 1. The molecule has 1 rings (SSSR count). The van der Waals surface area contributed by atoms with E-state index < -0.39 is 5.97 Å². The number of allylic oxidation sites excluding steroid dienone is 1. The molecule has 0 aliphatic rings. The maximum absolute atomic E-state index is 10.5. The van der Waals surface area contributed by atoms with Crippen molar-refractivity contribution in [2.24, 2.45) is 5.92 Å². The van der Waals surface area contributed by atoms with Crippen LogP contribution in [0.1, 0.15) is 18.9 Å². The monoisotopic (exact) mass is 190 g/mol. The van der Waals surface area contributed by atoms with Gasteiger partial charge in [0.25, 0.3) is 0 Å². The molecule has 0 saturated heterocycles. The molecule has 1 aromatic rings. The van der Waals surface area contributed by atoms with Gasteiger partial charge in [-0.3, -0.25) is 4.79 Å². The molecule has 0 aliphatic heterocycles. The Labute approximate surface area is 83.9 Å². The molecule has 0 heterocycles. The van der Waals surface area contributed by atoms with E-state index in [-0.39, 0.29) is 5.92 Å². The summed E-state index contributed by atoms with van der Waals surface area (Å²) in [4.78, 5) is 10.5. The number of benzene rings is 1. The van der Waals surface area contributed by atoms with E-state index in [0.29, 0.717) is 6.42 Å². The molecule has 1 aromatic carbocycles. The largest absolute Gasteiger partial charge is 0.481 e. The van der Waals surface area contributed by atoms with E-state index in [0.717, 1.165) is 5.56 Å². The fraction of sp³-hybridized carbons (Fsp3) is 0.250. The molecule has 0 saturated carbocycles. The molecule has 2 heteroatoms. The van der Waals surface area contributed by atoms with E-state index in [2.05, 4.69) is 0 Å². The maximum atomic E-state index is 10.5. The zero-order valence-corrected chi connectivity index (χ0v) is 8.18. The molecular formula is C12H14O2. The van der Waals surface area contributed by atoms with Gasteiger partial charge >= 0.3 is 5.97 Å². The highest BCUT2D eigenvalue weighted by atomic mass is 16.4. The molecule has 0 aliphatic carbocycles. The molecule has 14 heavy (non-hydrogen) atoms. The molecule has 0 spiro atoms. The first kappa shape index (κ1) is 10.5. The minimum Gasteiger partial charge on any atom is -0.481 e. The third-order valence-corrected chi connectivity index (χ3v) is 2.02. The lowest BCUT2D eigenvalue weighted by Crippen LogP contribution is -2.07. The summed E-state index contributed by atoms with van der Waals surface area (Å²) in [5, 5.41) is 8.65. The lowest BCUT2D eigenvalue weighted by Gasteiger charge is -1.99. The summed E-state index contributed by atoms with van der Waals surface area (Å²) >= 11 is 0. The zero-order chi connectivity index (χ0) is 10.4. The van der Waals surface area contributed by atoms with Crippen LogP contribution in [-0.4, -0.2) is 11.1 Å². The van der Waals surface area contributed by atoms with Crippen LogP contribution in [0.3, 0.4) is 0 Å². The summed E-state index contributed by atoms with van der Waals surface area (Å²) < 4.78 is 0. The number of carboxylic acids is 1. The Hall–Kier alpha value is -1.57. The van der Waals surface area contributed by atoms with Gasteiger partial charge in [0, 0.05) is 0 Å². The summed E-state index contributed by atoms with van der Waals surface area (Å²) in [6.07, 6.45) is 4.41. The Balaban J connectivity index is 2.46. The lowest BCUT2D eigenvalue weighted by atomic mass is 10.1. The average Bonchev–Trinajstić information content (AvgIpc) is 2.19. The Morgan fingerprint density at radius 1 is 1.43 bits per heavy atom. The highest BCUT2D eigenvalue weighted by Gasteiger charge is 2.07. The van der Waals surface area contributed by atoms with Gasteiger partial charge in [0.1, 0.15) is 0 Å². The van der Waals surface area contributed by atoms with Gasteiger partial charge in [0.2, 0.25) is 0 Å². The lowest BCUT2D eigenvalue weighted by molar-refractivity contribution is -0.140. The third kappa shape index (κ3) is 3.44. The SMILES string of the molecule is C[C@H](C/C=C/c1ccccc1)C(=O)O. The van der Waals surface area contributed by atoms with Crippen molar-refractivity contribution >= 4 is 12.0 Å². The maximum Gasteiger partial charge on any atom is 0.306 e. The smallest absolute Gasteiger partial charge is 0.306 e. The predicted molar refractivity (Wildman–Crippen MR) is 56.9 cm³/mol. The number of hydrogen-bond donors (Lipinski definition) is 1. The summed E-state index contributed by atoms with van der Waals surface area (Å²) in [6.45, 7) is 1.71. The van der Waals surface area contributed by atoms with Crippen molar-refractivity contribution in [1.29, 1.82) is 0 Å². The fourth-order valence-electron chi connectivity index (χ4n) is 1.07. The molecule has 1 N–H and O–H groups in total. The normalized spacial score (nSPS) is 12.9. The second-order valence-corrected chi connectivity index (χ2v) is 3.29. The number of aliphatic carboxylic acids is 1. The Morgan fingerprint density at radius 3 is 2.64 bits per heavy atom. The molecule has 1 atom stereocenters. The second-order valence-electron chi connectivity index (χ2n) is 3.29. The van der Waals surface area contributed by atoms with Crippen LogP contribution in [0.25, 0.3) is 6.08 Å². The fourth-order valence-corrected chi connectivity index (χ4v) is 1.07. The topological polar surface area (TPSA) is 37.3 Å². The van der Waals surface area contributed by atoms with Crippen molar-refractivity contribution < 1.29 is 9.90 Å². The Bertz CT molecular complexity index is 314. The first-order valence-corrected chi connectivity index (χ1v) is 4.64. The highest BCUT2D eigenvalue weighted by molar-refractivity contribution is 5.69. The molecule has 0 unspecified atom stereocenters. The van der Waals surface area contributed by atoms with Gasteiger partial charge in [0.15, 0.2) is 0 Å². The Morgan fingerprint density at radius 2 is 2.07 bits per heavy atom. The summed E-state index contributed by atoms with van der Waals surface area (Å²) in [5.41, 5.74) is 1.10. The summed E-state index contributed by atoms with van der Waals surface area (Å²) in [5.74, 6) is -1.06. The van der Waals surface area contributed by atoms with E-state index in [4.69, 9.17) is 5.11 Å². The molecule has 74 valence electrons. The van der Waals surface area contributed by atoms with E-state index in [1.54, 1.807) is 6.92 Å². The van der Waals surface area contributed by atoms with Crippen LogP contribution in [0, 0.1) is 5.92 Å². The molecule has 0 radical (unpaired) electrons. The van der Waals surface area contributed by atoms with Gasteiger partial charge in [-0.15, -0.1) is 0 Å². The first-order chi connectivity index (χ1) is 6.70. The van der Waals surface area contributed by atoms with Crippen molar-refractivity contribution in [3.63, 3.8) is 0 Å².